The second kappa shape index (κ2) is 6.23. The maximum absolute atomic E-state index is 10.5. The molecule has 1 aliphatic heterocycles. The molecule has 112 valence electrons. The fraction of sp³-hybridized carbons (Fsp3) is 0.286. The molecule has 0 saturated heterocycles. The highest BCUT2D eigenvalue weighted by Gasteiger charge is 2.22. The lowest BCUT2D eigenvalue weighted by Gasteiger charge is -2.15. The molecule has 7 heteroatoms. The molecule has 1 unspecified atom stereocenters. The second-order valence-corrected chi connectivity index (χ2v) is 7.25. The van der Waals surface area contributed by atoms with E-state index in [4.69, 9.17) is 44.3 Å². The molecule has 3 rings (SSSR count). The van der Waals surface area contributed by atoms with Gasteiger partial charge in [0.25, 0.3) is 0 Å². The van der Waals surface area contributed by atoms with E-state index in [1.54, 1.807) is 18.2 Å². The monoisotopic (exact) mass is 364 g/mol. The number of hydrogen-bond acceptors (Lipinski definition) is 4. The summed E-state index contributed by atoms with van der Waals surface area (Å²) < 4.78 is 12.1. The number of fused-ring (bicyclic) bond motifs is 1. The van der Waals surface area contributed by atoms with Crippen molar-refractivity contribution in [2.24, 2.45) is 0 Å². The molecule has 0 bridgehead atoms. The third kappa shape index (κ3) is 3.10. The molecule has 1 aliphatic rings. The lowest BCUT2D eigenvalue weighted by atomic mass is 10.0. The van der Waals surface area contributed by atoms with Gasteiger partial charge in [-0.1, -0.05) is 34.8 Å². The Labute approximate surface area is 141 Å². The highest BCUT2D eigenvalue weighted by Crippen LogP contribution is 2.42. The van der Waals surface area contributed by atoms with Crippen molar-refractivity contribution in [3.8, 4) is 11.5 Å². The van der Waals surface area contributed by atoms with Crippen LogP contribution >= 0.6 is 46.1 Å². The van der Waals surface area contributed by atoms with Gasteiger partial charge in [-0.15, -0.1) is 11.3 Å². The van der Waals surface area contributed by atoms with Crippen LogP contribution in [-0.2, 0) is 0 Å². The maximum atomic E-state index is 10.5. The largest absolute Gasteiger partial charge is 0.490 e. The first-order chi connectivity index (χ1) is 10.1. The molecule has 2 heterocycles. The van der Waals surface area contributed by atoms with Crippen LogP contribution in [0.15, 0.2) is 18.2 Å². The van der Waals surface area contributed by atoms with E-state index in [9.17, 15) is 5.11 Å². The zero-order valence-electron chi connectivity index (χ0n) is 10.7. The Morgan fingerprint density at radius 1 is 1.00 bits per heavy atom. The summed E-state index contributed by atoms with van der Waals surface area (Å²) in [5.74, 6) is 1.16. The van der Waals surface area contributed by atoms with Gasteiger partial charge in [-0.2, -0.15) is 0 Å². The molecule has 0 spiro atoms. The van der Waals surface area contributed by atoms with Crippen molar-refractivity contribution >= 4 is 46.1 Å². The number of hydrogen-bond donors (Lipinski definition) is 1. The predicted molar refractivity (Wildman–Crippen MR) is 85.5 cm³/mol. The Balaban J connectivity index is 2.02. The van der Waals surface area contributed by atoms with Crippen molar-refractivity contribution in [2.45, 2.75) is 12.5 Å². The molecular formula is C14H11Cl3O3S. The molecule has 0 aliphatic carbocycles. The highest BCUT2D eigenvalue weighted by atomic mass is 35.5. The molecule has 2 aromatic rings. The van der Waals surface area contributed by atoms with Gasteiger partial charge in [0.1, 0.15) is 10.4 Å². The molecule has 0 radical (unpaired) electrons. The molecule has 1 aromatic heterocycles. The minimum atomic E-state index is -0.967. The first kappa shape index (κ1) is 15.3. The van der Waals surface area contributed by atoms with E-state index in [-0.39, 0.29) is 0 Å². The van der Waals surface area contributed by atoms with Crippen LogP contribution in [-0.4, -0.2) is 18.3 Å². The van der Waals surface area contributed by atoms with E-state index in [0.717, 1.165) is 6.42 Å². The van der Waals surface area contributed by atoms with Gasteiger partial charge in [0.15, 0.2) is 11.5 Å². The van der Waals surface area contributed by atoms with Crippen LogP contribution in [0.5, 0.6) is 11.5 Å². The van der Waals surface area contributed by atoms with Crippen molar-refractivity contribution in [3.63, 3.8) is 0 Å². The molecule has 21 heavy (non-hydrogen) atoms. The Morgan fingerprint density at radius 2 is 1.67 bits per heavy atom. The summed E-state index contributed by atoms with van der Waals surface area (Å²) in [7, 11) is 0. The SMILES string of the molecule is OC(c1cc2c(cc1Cl)OCCCO2)c1cc(Cl)sc1Cl. The van der Waals surface area contributed by atoms with Crippen molar-refractivity contribution in [2.75, 3.05) is 13.2 Å². The molecule has 1 aromatic carbocycles. The number of ether oxygens (including phenoxy) is 2. The number of thiophene rings is 1. The zero-order valence-corrected chi connectivity index (χ0v) is 13.8. The number of rotatable bonds is 2. The predicted octanol–water partition coefficient (Wildman–Crippen LogP) is 4.95. The number of aliphatic hydroxyl groups excluding tert-OH is 1. The lowest BCUT2D eigenvalue weighted by molar-refractivity contribution is 0.220. The van der Waals surface area contributed by atoms with E-state index < -0.39 is 6.10 Å². The quantitative estimate of drug-likeness (QED) is 0.818. The standard InChI is InChI=1S/C14H11Cl3O3S/c15-9-6-11-10(19-2-1-3-20-11)4-7(9)13(18)8-5-12(16)21-14(8)17/h4-6,13,18H,1-3H2. The number of aliphatic hydroxyl groups is 1. The van der Waals surface area contributed by atoms with Gasteiger partial charge in [0, 0.05) is 23.6 Å². The van der Waals surface area contributed by atoms with Crippen LogP contribution in [0.3, 0.4) is 0 Å². The van der Waals surface area contributed by atoms with E-state index in [0.29, 0.717) is 49.5 Å². The van der Waals surface area contributed by atoms with Crippen LogP contribution in [0.4, 0.5) is 0 Å². The maximum Gasteiger partial charge on any atom is 0.162 e. The third-order valence-electron chi connectivity index (χ3n) is 3.14. The average molecular weight is 366 g/mol. The lowest BCUT2D eigenvalue weighted by Crippen LogP contribution is -2.01. The minimum absolute atomic E-state index is 0.394. The van der Waals surface area contributed by atoms with E-state index in [1.165, 1.54) is 11.3 Å². The minimum Gasteiger partial charge on any atom is -0.490 e. The van der Waals surface area contributed by atoms with Crippen molar-refractivity contribution in [3.05, 3.63) is 43.0 Å². The van der Waals surface area contributed by atoms with Gasteiger partial charge in [0.2, 0.25) is 0 Å². The smallest absolute Gasteiger partial charge is 0.162 e. The normalized spacial score (nSPS) is 15.6. The fourth-order valence-corrected chi connectivity index (χ4v) is 3.89. The van der Waals surface area contributed by atoms with Crippen LogP contribution in [0.1, 0.15) is 23.7 Å². The molecule has 0 saturated carbocycles. The Hall–Kier alpha value is -0.650. The van der Waals surface area contributed by atoms with Crippen LogP contribution in [0, 0.1) is 0 Å². The number of benzene rings is 1. The Bertz CT molecular complexity index is 672. The molecule has 1 atom stereocenters. The molecule has 0 amide bonds. The highest BCUT2D eigenvalue weighted by molar-refractivity contribution is 7.20. The summed E-state index contributed by atoms with van der Waals surface area (Å²) in [6.07, 6.45) is -0.165. The molecular weight excluding hydrogens is 355 g/mol. The van der Waals surface area contributed by atoms with Gasteiger partial charge in [-0.25, -0.2) is 0 Å². The second-order valence-electron chi connectivity index (χ2n) is 4.55. The van der Waals surface area contributed by atoms with E-state index >= 15 is 0 Å². The summed E-state index contributed by atoms with van der Waals surface area (Å²) in [6, 6.07) is 4.98. The van der Waals surface area contributed by atoms with Crippen molar-refractivity contribution in [1.82, 2.24) is 0 Å². The molecule has 1 N–H and O–H groups in total. The van der Waals surface area contributed by atoms with Gasteiger partial charge >= 0.3 is 0 Å². The van der Waals surface area contributed by atoms with Crippen molar-refractivity contribution in [1.29, 1.82) is 0 Å². The summed E-state index contributed by atoms with van der Waals surface area (Å²) in [4.78, 5) is 0. The van der Waals surface area contributed by atoms with Crippen LogP contribution in [0.2, 0.25) is 13.7 Å². The Morgan fingerprint density at radius 3 is 2.29 bits per heavy atom. The average Bonchev–Trinajstić information content (AvgIpc) is 2.64. The summed E-state index contributed by atoms with van der Waals surface area (Å²) in [5, 5.41) is 10.9. The summed E-state index contributed by atoms with van der Waals surface area (Å²) in [5.41, 5.74) is 1.04. The van der Waals surface area contributed by atoms with Gasteiger partial charge in [-0.3, -0.25) is 0 Å². The van der Waals surface area contributed by atoms with Gasteiger partial charge < -0.3 is 14.6 Å². The van der Waals surface area contributed by atoms with Gasteiger partial charge in [-0.05, 0) is 12.1 Å². The van der Waals surface area contributed by atoms with Crippen molar-refractivity contribution < 1.29 is 14.6 Å². The topological polar surface area (TPSA) is 38.7 Å². The molecule has 0 fully saturated rings. The molecule has 3 nitrogen and oxygen atoms in total. The number of halogens is 3. The first-order valence-corrected chi connectivity index (χ1v) is 8.23. The van der Waals surface area contributed by atoms with E-state index in [2.05, 4.69) is 0 Å². The van der Waals surface area contributed by atoms with Crippen LogP contribution < -0.4 is 9.47 Å². The van der Waals surface area contributed by atoms with Gasteiger partial charge in [0.05, 0.1) is 22.6 Å². The summed E-state index contributed by atoms with van der Waals surface area (Å²) >= 11 is 19.5. The summed E-state index contributed by atoms with van der Waals surface area (Å²) in [6.45, 7) is 1.15. The fourth-order valence-electron chi connectivity index (χ4n) is 2.12. The first-order valence-electron chi connectivity index (χ1n) is 6.28. The third-order valence-corrected chi connectivity index (χ3v) is 4.98. The van der Waals surface area contributed by atoms with Crippen LogP contribution in [0.25, 0.3) is 0 Å². The Kier molecular flexibility index (Phi) is 4.52. The van der Waals surface area contributed by atoms with E-state index in [1.807, 2.05) is 0 Å². The zero-order chi connectivity index (χ0) is 15.0.